The van der Waals surface area contributed by atoms with Gasteiger partial charge in [-0.3, -0.25) is 4.79 Å². The molecule has 20 heavy (non-hydrogen) atoms. The van der Waals surface area contributed by atoms with Crippen molar-refractivity contribution >= 4 is 11.7 Å². The third-order valence-corrected chi connectivity index (χ3v) is 6.43. The predicted molar refractivity (Wildman–Crippen MR) is 72.1 cm³/mol. The number of aryl methyl sites for hydroxylation is 1. The Balaban J connectivity index is 1.67. The number of nitrogens with one attached hydrogen (secondary N) is 1. The maximum Gasteiger partial charge on any atom is 0.258 e. The van der Waals surface area contributed by atoms with Gasteiger partial charge in [-0.2, -0.15) is 0 Å². The molecule has 1 aromatic rings. The maximum atomic E-state index is 12.8. The Hall–Kier alpha value is -1.36. The molecule has 5 nitrogen and oxygen atoms in total. The highest BCUT2D eigenvalue weighted by atomic mass is 16.5. The number of aromatic nitrogens is 1. The second kappa shape index (κ2) is 3.45. The number of amides is 1. The summed E-state index contributed by atoms with van der Waals surface area (Å²) in [6, 6.07) is 1.73. The van der Waals surface area contributed by atoms with Gasteiger partial charge in [0.2, 0.25) is 0 Å². The largest absolute Gasteiger partial charge is 0.364 e. The molecule has 1 aromatic heterocycles. The summed E-state index contributed by atoms with van der Waals surface area (Å²) in [5.74, 6) is 1.71. The highest BCUT2D eigenvalue weighted by Gasteiger charge is 2.78. The molecule has 2 heterocycles. The zero-order valence-electron chi connectivity index (χ0n) is 12.2. The molecular formula is C15H20N2O3. The Morgan fingerprint density at radius 1 is 1.50 bits per heavy atom. The summed E-state index contributed by atoms with van der Waals surface area (Å²) in [5, 5.41) is 6.73. The molecule has 4 rings (SSSR count). The molecule has 1 aliphatic heterocycles. The molecule has 1 amide bonds. The van der Waals surface area contributed by atoms with Gasteiger partial charge in [0, 0.05) is 16.9 Å². The van der Waals surface area contributed by atoms with Gasteiger partial charge < -0.3 is 14.6 Å². The van der Waals surface area contributed by atoms with Gasteiger partial charge in [-0.1, -0.05) is 19.0 Å². The van der Waals surface area contributed by atoms with Crippen LogP contribution in [-0.4, -0.2) is 23.3 Å². The average Bonchev–Trinajstić information content (AvgIpc) is 3.04. The second-order valence-electron chi connectivity index (χ2n) is 7.08. The van der Waals surface area contributed by atoms with Gasteiger partial charge in [0.15, 0.2) is 11.4 Å². The van der Waals surface area contributed by atoms with E-state index in [1.807, 2.05) is 6.92 Å². The number of hydrogen-bond donors (Lipinski definition) is 1. The number of carbonyl (C=O) groups is 1. The third kappa shape index (κ3) is 1.14. The summed E-state index contributed by atoms with van der Waals surface area (Å²) in [5.41, 5.74) is -0.602. The number of hydrogen-bond acceptors (Lipinski definition) is 4. The minimum absolute atomic E-state index is 0.0563. The van der Waals surface area contributed by atoms with Crippen LogP contribution in [0.25, 0.3) is 0 Å². The zero-order valence-corrected chi connectivity index (χ0v) is 12.2. The van der Waals surface area contributed by atoms with Crippen LogP contribution in [0.3, 0.4) is 0 Å². The van der Waals surface area contributed by atoms with E-state index in [1.165, 1.54) is 6.42 Å². The van der Waals surface area contributed by atoms with Crippen molar-refractivity contribution in [3.63, 3.8) is 0 Å². The lowest BCUT2D eigenvalue weighted by molar-refractivity contribution is -0.149. The number of rotatable bonds is 2. The fourth-order valence-corrected chi connectivity index (χ4v) is 4.90. The average molecular weight is 276 g/mol. The lowest BCUT2D eigenvalue weighted by atomic mass is 9.66. The molecule has 3 aliphatic rings. The van der Waals surface area contributed by atoms with E-state index in [0.29, 0.717) is 24.1 Å². The molecule has 0 aromatic carbocycles. The van der Waals surface area contributed by atoms with Gasteiger partial charge in [-0.25, -0.2) is 0 Å². The minimum atomic E-state index is -0.683. The molecule has 0 radical (unpaired) electrons. The van der Waals surface area contributed by atoms with Gasteiger partial charge in [0.05, 0.1) is 6.61 Å². The number of nitrogens with zero attached hydrogens (tertiary/aromatic N) is 1. The smallest absolute Gasteiger partial charge is 0.258 e. The van der Waals surface area contributed by atoms with E-state index in [1.54, 1.807) is 6.07 Å². The summed E-state index contributed by atoms with van der Waals surface area (Å²) < 4.78 is 11.1. The van der Waals surface area contributed by atoms with E-state index in [9.17, 15) is 4.79 Å². The molecular weight excluding hydrogens is 256 g/mol. The van der Waals surface area contributed by atoms with E-state index < -0.39 is 5.60 Å². The van der Waals surface area contributed by atoms with E-state index in [0.717, 1.165) is 12.8 Å². The topological polar surface area (TPSA) is 64.4 Å². The predicted octanol–water partition coefficient (Wildman–Crippen LogP) is 2.52. The summed E-state index contributed by atoms with van der Waals surface area (Å²) in [6.45, 7) is 7.01. The van der Waals surface area contributed by atoms with Crippen molar-refractivity contribution in [2.75, 3.05) is 11.9 Å². The third-order valence-electron chi connectivity index (χ3n) is 6.43. The highest BCUT2D eigenvalue weighted by molar-refractivity contribution is 5.98. The quantitative estimate of drug-likeness (QED) is 0.901. The van der Waals surface area contributed by atoms with Gasteiger partial charge >= 0.3 is 0 Å². The lowest BCUT2D eigenvalue weighted by Gasteiger charge is -2.39. The van der Waals surface area contributed by atoms with Crippen molar-refractivity contribution in [1.29, 1.82) is 0 Å². The lowest BCUT2D eigenvalue weighted by Crippen LogP contribution is -2.52. The monoisotopic (exact) mass is 276 g/mol. The molecule has 0 spiro atoms. The number of anilines is 1. The number of ether oxygens (including phenoxy) is 1. The molecule has 3 fully saturated rings. The summed E-state index contributed by atoms with van der Waals surface area (Å²) >= 11 is 0. The molecule has 4 unspecified atom stereocenters. The van der Waals surface area contributed by atoms with Crippen LogP contribution in [0.5, 0.6) is 0 Å². The molecule has 1 N–H and O–H groups in total. The molecule has 4 bridgehead atoms. The van der Waals surface area contributed by atoms with Crippen molar-refractivity contribution in [2.45, 2.75) is 45.6 Å². The first-order chi connectivity index (χ1) is 9.41. The molecule has 4 atom stereocenters. The van der Waals surface area contributed by atoms with Crippen molar-refractivity contribution in [3.8, 4) is 0 Å². The molecule has 2 aliphatic carbocycles. The van der Waals surface area contributed by atoms with Gasteiger partial charge in [0.1, 0.15) is 5.76 Å². The van der Waals surface area contributed by atoms with Crippen LogP contribution in [0.2, 0.25) is 0 Å². The van der Waals surface area contributed by atoms with Crippen molar-refractivity contribution < 1.29 is 14.1 Å². The Morgan fingerprint density at radius 3 is 2.90 bits per heavy atom. The minimum Gasteiger partial charge on any atom is -0.364 e. The van der Waals surface area contributed by atoms with Crippen molar-refractivity contribution in [3.05, 3.63) is 11.8 Å². The molecule has 5 heteroatoms. The van der Waals surface area contributed by atoms with E-state index in [-0.39, 0.29) is 16.7 Å². The van der Waals surface area contributed by atoms with Crippen molar-refractivity contribution in [1.82, 2.24) is 5.16 Å². The van der Waals surface area contributed by atoms with Crippen LogP contribution >= 0.6 is 0 Å². The van der Waals surface area contributed by atoms with Crippen LogP contribution in [0.4, 0.5) is 5.82 Å². The van der Waals surface area contributed by atoms with Gasteiger partial charge in [-0.15, -0.1) is 0 Å². The van der Waals surface area contributed by atoms with E-state index >= 15 is 0 Å². The van der Waals surface area contributed by atoms with E-state index in [2.05, 4.69) is 24.3 Å². The normalized spacial score (nSPS) is 45.0. The molecule has 108 valence electrons. The fourth-order valence-electron chi connectivity index (χ4n) is 4.90. The Bertz CT molecular complexity index is 598. The second-order valence-corrected chi connectivity index (χ2v) is 7.08. The first-order valence-corrected chi connectivity index (χ1v) is 7.30. The van der Waals surface area contributed by atoms with Crippen molar-refractivity contribution in [2.24, 2.45) is 16.7 Å². The SMILES string of the molecule is Cc1cc(NC(=O)C23CC4CCC2(C)C4(C)CO3)no1. The first kappa shape index (κ1) is 12.4. The summed E-state index contributed by atoms with van der Waals surface area (Å²) in [6.07, 6.45) is 3.12. The fraction of sp³-hybridized carbons (Fsp3) is 0.733. The summed E-state index contributed by atoms with van der Waals surface area (Å²) in [7, 11) is 0. The van der Waals surface area contributed by atoms with Crippen LogP contribution in [-0.2, 0) is 9.53 Å². The maximum absolute atomic E-state index is 12.8. The van der Waals surface area contributed by atoms with Crippen LogP contribution in [0.15, 0.2) is 10.6 Å². The summed E-state index contributed by atoms with van der Waals surface area (Å²) in [4.78, 5) is 12.8. The highest BCUT2D eigenvalue weighted by Crippen LogP contribution is 2.75. The zero-order chi connectivity index (χ0) is 14.2. The Morgan fingerprint density at radius 2 is 2.30 bits per heavy atom. The van der Waals surface area contributed by atoms with Crippen LogP contribution in [0, 0.1) is 23.7 Å². The standard InChI is InChI=1S/C15H20N2O3/c1-9-6-11(17-20-9)16-12(18)15-7-10-4-5-14(15,3)13(10,2)8-19-15/h6,10H,4-5,7-8H2,1-3H3,(H,16,17,18). The number of carbonyl (C=O) groups excluding carboxylic acids is 1. The Kier molecular flexibility index (Phi) is 2.14. The van der Waals surface area contributed by atoms with Gasteiger partial charge in [0.25, 0.3) is 5.91 Å². The molecule has 1 saturated heterocycles. The van der Waals surface area contributed by atoms with E-state index in [4.69, 9.17) is 9.26 Å². The van der Waals surface area contributed by atoms with Crippen LogP contribution in [0.1, 0.15) is 38.9 Å². The van der Waals surface area contributed by atoms with Crippen LogP contribution < -0.4 is 5.32 Å². The Labute approximate surface area is 118 Å². The molecule has 2 saturated carbocycles. The van der Waals surface area contributed by atoms with Gasteiger partial charge in [-0.05, 0) is 32.1 Å². The first-order valence-electron chi connectivity index (χ1n) is 7.30.